The number of nitrogen functional groups attached to an aromatic ring is 1. The van der Waals surface area contributed by atoms with Crippen LogP contribution < -0.4 is 15.2 Å². The summed E-state index contributed by atoms with van der Waals surface area (Å²) in [5.41, 5.74) is 4.81. The molecular weight excluding hydrogens is 194 g/mol. The molecule has 0 aliphatic heterocycles. The second-order valence-corrected chi connectivity index (χ2v) is 3.35. The van der Waals surface area contributed by atoms with Gasteiger partial charge in [-0.1, -0.05) is 5.92 Å². The fourth-order valence-electron chi connectivity index (χ4n) is 0.906. The second kappa shape index (κ2) is 4.05. The van der Waals surface area contributed by atoms with Crippen LogP contribution in [-0.2, 0) is 0 Å². The maximum absolute atomic E-state index is 5.58. The highest BCUT2D eigenvalue weighted by Gasteiger charge is 2.20. The Morgan fingerprint density at radius 2 is 2.13 bits per heavy atom. The van der Waals surface area contributed by atoms with E-state index in [1.165, 1.54) is 13.4 Å². The van der Waals surface area contributed by atoms with Gasteiger partial charge in [-0.2, -0.15) is 4.98 Å². The van der Waals surface area contributed by atoms with Crippen molar-refractivity contribution in [2.24, 2.45) is 0 Å². The highest BCUT2D eigenvalue weighted by molar-refractivity contribution is 5.51. The van der Waals surface area contributed by atoms with Gasteiger partial charge in [-0.15, -0.1) is 6.42 Å². The quantitative estimate of drug-likeness (QED) is 0.744. The van der Waals surface area contributed by atoms with E-state index in [2.05, 4.69) is 15.9 Å². The second-order valence-electron chi connectivity index (χ2n) is 3.35. The van der Waals surface area contributed by atoms with Crippen molar-refractivity contribution < 1.29 is 9.47 Å². The molecule has 2 N–H and O–H groups in total. The molecule has 80 valence electrons. The molecule has 0 spiro atoms. The van der Waals surface area contributed by atoms with Crippen LogP contribution in [0, 0.1) is 12.3 Å². The summed E-state index contributed by atoms with van der Waals surface area (Å²) in [7, 11) is 1.46. The molecule has 5 nitrogen and oxygen atoms in total. The van der Waals surface area contributed by atoms with Crippen molar-refractivity contribution in [1.82, 2.24) is 9.97 Å². The SMILES string of the molecule is C#CC(C)(C)Oc1ncnc(N)c1OC. The first-order valence-electron chi connectivity index (χ1n) is 4.31. The first-order chi connectivity index (χ1) is 7.00. The van der Waals surface area contributed by atoms with E-state index < -0.39 is 5.60 Å². The number of aromatic nitrogens is 2. The smallest absolute Gasteiger partial charge is 0.264 e. The lowest BCUT2D eigenvalue weighted by molar-refractivity contribution is 0.157. The Bertz CT molecular complexity index is 396. The third-order valence-corrected chi connectivity index (χ3v) is 1.70. The molecular formula is C10H13N3O2. The van der Waals surface area contributed by atoms with Gasteiger partial charge in [-0.3, -0.25) is 0 Å². The van der Waals surface area contributed by atoms with E-state index in [1.807, 2.05) is 0 Å². The van der Waals surface area contributed by atoms with Crippen molar-refractivity contribution in [3.8, 4) is 24.0 Å². The summed E-state index contributed by atoms with van der Waals surface area (Å²) in [6, 6.07) is 0. The lowest BCUT2D eigenvalue weighted by atomic mass is 10.1. The van der Waals surface area contributed by atoms with Crippen LogP contribution >= 0.6 is 0 Å². The predicted molar refractivity (Wildman–Crippen MR) is 56.5 cm³/mol. The van der Waals surface area contributed by atoms with Crippen LogP contribution in [0.25, 0.3) is 0 Å². The van der Waals surface area contributed by atoms with E-state index in [-0.39, 0.29) is 11.7 Å². The summed E-state index contributed by atoms with van der Waals surface area (Å²) >= 11 is 0. The van der Waals surface area contributed by atoms with Gasteiger partial charge in [-0.05, 0) is 13.8 Å². The first-order valence-corrected chi connectivity index (χ1v) is 4.31. The van der Waals surface area contributed by atoms with E-state index in [0.717, 1.165) is 0 Å². The van der Waals surface area contributed by atoms with Gasteiger partial charge in [-0.25, -0.2) is 4.98 Å². The molecule has 1 aromatic rings. The summed E-state index contributed by atoms with van der Waals surface area (Å²) in [6.07, 6.45) is 6.58. The molecule has 0 saturated heterocycles. The van der Waals surface area contributed by atoms with Gasteiger partial charge < -0.3 is 15.2 Å². The van der Waals surface area contributed by atoms with Crippen molar-refractivity contribution in [3.05, 3.63) is 6.33 Å². The number of nitrogens with zero attached hydrogens (tertiary/aromatic N) is 2. The van der Waals surface area contributed by atoms with Gasteiger partial charge >= 0.3 is 0 Å². The molecule has 0 bridgehead atoms. The molecule has 0 saturated carbocycles. The molecule has 0 unspecified atom stereocenters. The van der Waals surface area contributed by atoms with Crippen LogP contribution in [0.2, 0.25) is 0 Å². The summed E-state index contributed by atoms with van der Waals surface area (Å²) in [5, 5.41) is 0. The van der Waals surface area contributed by atoms with Gasteiger partial charge in [0.2, 0.25) is 5.75 Å². The molecule has 0 aliphatic rings. The minimum absolute atomic E-state index is 0.218. The van der Waals surface area contributed by atoms with Crippen LogP contribution in [0.5, 0.6) is 11.6 Å². The minimum atomic E-state index is -0.770. The van der Waals surface area contributed by atoms with Crippen LogP contribution in [0.15, 0.2) is 6.33 Å². The van der Waals surface area contributed by atoms with Crippen molar-refractivity contribution >= 4 is 5.82 Å². The number of hydrogen-bond donors (Lipinski definition) is 1. The number of rotatable bonds is 3. The molecule has 0 amide bonds. The molecule has 5 heteroatoms. The average Bonchev–Trinajstić information content (AvgIpc) is 2.18. The normalized spacial score (nSPS) is 10.5. The highest BCUT2D eigenvalue weighted by atomic mass is 16.5. The average molecular weight is 207 g/mol. The molecule has 0 fully saturated rings. The Labute approximate surface area is 88.6 Å². The van der Waals surface area contributed by atoms with Crippen LogP contribution in [-0.4, -0.2) is 22.7 Å². The molecule has 0 aliphatic carbocycles. The first kappa shape index (κ1) is 11.1. The van der Waals surface area contributed by atoms with Crippen LogP contribution in [0.1, 0.15) is 13.8 Å². The van der Waals surface area contributed by atoms with E-state index >= 15 is 0 Å². The van der Waals surface area contributed by atoms with Gasteiger partial charge in [0, 0.05) is 0 Å². The summed E-state index contributed by atoms with van der Waals surface area (Å²) in [6.45, 7) is 3.48. The van der Waals surface area contributed by atoms with Crippen LogP contribution in [0.4, 0.5) is 5.82 Å². The Kier molecular flexibility index (Phi) is 3.00. The van der Waals surface area contributed by atoms with Crippen molar-refractivity contribution in [1.29, 1.82) is 0 Å². The summed E-state index contributed by atoms with van der Waals surface area (Å²) < 4.78 is 10.5. The van der Waals surface area contributed by atoms with Gasteiger partial charge in [0.05, 0.1) is 7.11 Å². The maximum atomic E-state index is 5.58. The van der Waals surface area contributed by atoms with Gasteiger partial charge in [0.25, 0.3) is 5.88 Å². The molecule has 0 aromatic carbocycles. The zero-order valence-corrected chi connectivity index (χ0v) is 8.94. The van der Waals surface area contributed by atoms with Gasteiger partial charge in [0.1, 0.15) is 6.33 Å². The number of hydrogen-bond acceptors (Lipinski definition) is 5. The number of nitrogens with two attached hydrogens (primary N) is 1. The molecule has 1 aromatic heterocycles. The molecule has 15 heavy (non-hydrogen) atoms. The fraction of sp³-hybridized carbons (Fsp3) is 0.400. The number of terminal acetylenes is 1. The minimum Gasteiger partial charge on any atom is -0.489 e. The van der Waals surface area contributed by atoms with E-state index in [4.69, 9.17) is 21.6 Å². The Morgan fingerprint density at radius 3 is 2.67 bits per heavy atom. The van der Waals surface area contributed by atoms with Crippen LogP contribution in [0.3, 0.4) is 0 Å². The van der Waals surface area contributed by atoms with E-state index in [0.29, 0.717) is 5.75 Å². The highest BCUT2D eigenvalue weighted by Crippen LogP contribution is 2.30. The zero-order valence-electron chi connectivity index (χ0n) is 8.94. The lowest BCUT2D eigenvalue weighted by Crippen LogP contribution is -2.26. The maximum Gasteiger partial charge on any atom is 0.264 e. The fourth-order valence-corrected chi connectivity index (χ4v) is 0.906. The van der Waals surface area contributed by atoms with Crippen molar-refractivity contribution in [2.45, 2.75) is 19.4 Å². The Hall–Kier alpha value is -1.96. The van der Waals surface area contributed by atoms with Crippen molar-refractivity contribution in [2.75, 3.05) is 12.8 Å². The number of ether oxygens (including phenoxy) is 2. The monoisotopic (exact) mass is 207 g/mol. The van der Waals surface area contributed by atoms with Crippen molar-refractivity contribution in [3.63, 3.8) is 0 Å². The molecule has 1 rings (SSSR count). The number of anilines is 1. The Balaban J connectivity index is 3.06. The topological polar surface area (TPSA) is 70.3 Å². The van der Waals surface area contributed by atoms with E-state index in [9.17, 15) is 0 Å². The van der Waals surface area contributed by atoms with Gasteiger partial charge in [0.15, 0.2) is 11.4 Å². The summed E-state index contributed by atoms with van der Waals surface area (Å²) in [5.74, 6) is 3.24. The molecule has 1 heterocycles. The molecule has 0 radical (unpaired) electrons. The Morgan fingerprint density at radius 1 is 1.47 bits per heavy atom. The largest absolute Gasteiger partial charge is 0.489 e. The lowest BCUT2D eigenvalue weighted by Gasteiger charge is -2.20. The third kappa shape index (κ3) is 2.50. The molecule has 0 atom stereocenters. The third-order valence-electron chi connectivity index (χ3n) is 1.70. The predicted octanol–water partition coefficient (Wildman–Crippen LogP) is 0.858. The summed E-state index contributed by atoms with van der Waals surface area (Å²) in [4.78, 5) is 7.69. The van der Waals surface area contributed by atoms with E-state index in [1.54, 1.807) is 13.8 Å². The number of methoxy groups -OCH3 is 1. The standard InChI is InChI=1S/C10H13N3O2/c1-5-10(2,3)15-9-7(14-4)8(11)12-6-13-9/h1,6H,2-4H3,(H2,11,12,13). The zero-order chi connectivity index (χ0) is 11.5.